The number of aliphatic hydroxyl groups excluding tert-OH is 1. The van der Waals surface area contributed by atoms with Crippen LogP contribution in [0.2, 0.25) is 0 Å². The molecular weight excluding hydrogens is 295 g/mol. The fourth-order valence-corrected chi connectivity index (χ4v) is 2.71. The van der Waals surface area contributed by atoms with E-state index in [2.05, 4.69) is 15.6 Å². The van der Waals surface area contributed by atoms with Crippen LogP contribution in [0.4, 0.5) is 23.1 Å². The van der Waals surface area contributed by atoms with Crippen molar-refractivity contribution in [1.29, 1.82) is 0 Å². The third-order valence-corrected chi connectivity index (χ3v) is 3.80. The molecule has 0 radical (unpaired) electrons. The monoisotopic (exact) mass is 309 g/mol. The molecule has 1 heterocycles. The lowest BCUT2D eigenvalue weighted by atomic mass is 9.93. The Balaban J connectivity index is 1.84. The number of aromatic nitrogens is 1. The van der Waals surface area contributed by atoms with Crippen LogP contribution >= 0.6 is 11.3 Å². The van der Waals surface area contributed by atoms with Crippen molar-refractivity contribution in [3.8, 4) is 0 Å². The van der Waals surface area contributed by atoms with Gasteiger partial charge in [0, 0.05) is 11.4 Å². The highest BCUT2D eigenvalue weighted by Gasteiger charge is 2.34. The molecule has 112 valence electrons. The maximum Gasteiger partial charge on any atom is 0.434 e. The van der Waals surface area contributed by atoms with Crippen molar-refractivity contribution in [2.24, 2.45) is 0 Å². The van der Waals surface area contributed by atoms with Gasteiger partial charge in [0.2, 0.25) is 0 Å². The smallest absolute Gasteiger partial charge is 0.393 e. The Morgan fingerprint density at radius 3 is 2.55 bits per heavy atom. The van der Waals surface area contributed by atoms with Crippen LogP contribution in [0.5, 0.6) is 0 Å². The van der Waals surface area contributed by atoms with Crippen molar-refractivity contribution >= 4 is 22.5 Å². The third-order valence-electron chi connectivity index (χ3n) is 3.05. The number of thiazole rings is 1. The largest absolute Gasteiger partial charge is 0.434 e. The number of halogens is 3. The molecule has 20 heavy (non-hydrogen) atoms. The number of nitrogens with one attached hydrogen (secondary N) is 2. The number of carbonyl (C=O) groups excluding carboxylic acids is 1. The zero-order chi connectivity index (χ0) is 14.8. The topological polar surface area (TPSA) is 74.2 Å². The van der Waals surface area contributed by atoms with Crippen LogP contribution in [-0.2, 0) is 6.18 Å². The number of aliphatic hydroxyl groups is 1. The van der Waals surface area contributed by atoms with Crippen molar-refractivity contribution in [2.75, 3.05) is 5.32 Å². The summed E-state index contributed by atoms with van der Waals surface area (Å²) in [4.78, 5) is 14.9. The molecule has 2 rings (SSSR count). The quantitative estimate of drug-likeness (QED) is 0.786. The summed E-state index contributed by atoms with van der Waals surface area (Å²) in [5.74, 6) is 0. The first-order chi connectivity index (χ1) is 9.34. The Morgan fingerprint density at radius 1 is 1.35 bits per heavy atom. The number of urea groups is 1. The van der Waals surface area contributed by atoms with Gasteiger partial charge in [-0.05, 0) is 25.7 Å². The first-order valence-electron chi connectivity index (χ1n) is 6.13. The lowest BCUT2D eigenvalue weighted by Crippen LogP contribution is -2.40. The predicted molar refractivity (Wildman–Crippen MR) is 67.5 cm³/mol. The Labute approximate surface area is 117 Å². The summed E-state index contributed by atoms with van der Waals surface area (Å²) >= 11 is 0.724. The fourth-order valence-electron chi connectivity index (χ4n) is 2.00. The number of alkyl halides is 3. The van der Waals surface area contributed by atoms with Crippen molar-refractivity contribution < 1.29 is 23.1 Å². The van der Waals surface area contributed by atoms with E-state index >= 15 is 0 Å². The highest BCUT2D eigenvalue weighted by atomic mass is 32.1. The minimum atomic E-state index is -4.51. The Kier molecular flexibility index (Phi) is 4.48. The van der Waals surface area contributed by atoms with E-state index in [9.17, 15) is 23.1 Å². The molecule has 1 aromatic heterocycles. The van der Waals surface area contributed by atoms with Gasteiger partial charge in [0.15, 0.2) is 10.8 Å². The van der Waals surface area contributed by atoms with Crippen LogP contribution in [0.25, 0.3) is 0 Å². The van der Waals surface area contributed by atoms with Crippen LogP contribution < -0.4 is 10.6 Å². The van der Waals surface area contributed by atoms with E-state index < -0.39 is 17.9 Å². The second kappa shape index (κ2) is 5.96. The van der Waals surface area contributed by atoms with Gasteiger partial charge in [-0.15, -0.1) is 11.3 Å². The molecule has 1 aliphatic rings. The van der Waals surface area contributed by atoms with Gasteiger partial charge >= 0.3 is 12.2 Å². The molecule has 1 aliphatic carbocycles. The van der Waals surface area contributed by atoms with Crippen molar-refractivity contribution in [3.63, 3.8) is 0 Å². The van der Waals surface area contributed by atoms with Crippen molar-refractivity contribution in [2.45, 2.75) is 44.0 Å². The normalized spacial score (nSPS) is 23.4. The van der Waals surface area contributed by atoms with E-state index in [0.29, 0.717) is 25.7 Å². The molecule has 0 saturated heterocycles. The highest BCUT2D eigenvalue weighted by Crippen LogP contribution is 2.31. The summed E-state index contributed by atoms with van der Waals surface area (Å²) in [5.41, 5.74) is -1.02. The number of anilines is 1. The number of hydrogen-bond donors (Lipinski definition) is 3. The molecule has 3 N–H and O–H groups in total. The standard InChI is InChI=1S/C11H14F3N3O2S/c12-11(13,14)8-5-20-10(16-8)17-9(19)15-6-1-3-7(18)4-2-6/h5-7,18H,1-4H2,(H2,15,16,17,19). The zero-order valence-corrected chi connectivity index (χ0v) is 11.2. The molecule has 0 spiro atoms. The summed E-state index contributed by atoms with van der Waals surface area (Å²) in [7, 11) is 0. The summed E-state index contributed by atoms with van der Waals surface area (Å²) < 4.78 is 37.0. The second-order valence-electron chi connectivity index (χ2n) is 4.64. The zero-order valence-electron chi connectivity index (χ0n) is 10.4. The van der Waals surface area contributed by atoms with Gasteiger partial charge < -0.3 is 10.4 Å². The molecule has 9 heteroatoms. The summed E-state index contributed by atoms with van der Waals surface area (Å²) in [6, 6.07) is -0.644. The summed E-state index contributed by atoms with van der Waals surface area (Å²) in [6.07, 6.45) is -2.31. The SMILES string of the molecule is O=C(Nc1nc(C(F)(F)F)cs1)NC1CCC(O)CC1. The minimum Gasteiger partial charge on any atom is -0.393 e. The number of carbonyl (C=O) groups is 1. The maximum atomic E-state index is 12.3. The molecule has 0 aliphatic heterocycles. The van der Waals surface area contributed by atoms with Crippen LogP contribution in [0, 0.1) is 0 Å². The van der Waals surface area contributed by atoms with Crippen molar-refractivity contribution in [3.05, 3.63) is 11.1 Å². The molecular formula is C11H14F3N3O2S. The van der Waals surface area contributed by atoms with E-state index in [-0.39, 0.29) is 17.3 Å². The number of hydrogen-bond acceptors (Lipinski definition) is 4. The van der Waals surface area contributed by atoms with E-state index in [1.54, 1.807) is 0 Å². The van der Waals surface area contributed by atoms with E-state index in [0.717, 1.165) is 16.7 Å². The molecule has 0 aromatic carbocycles. The number of nitrogens with zero attached hydrogens (tertiary/aromatic N) is 1. The minimum absolute atomic E-state index is 0.0690. The fraction of sp³-hybridized carbons (Fsp3) is 0.636. The van der Waals surface area contributed by atoms with Gasteiger partial charge in [-0.3, -0.25) is 5.32 Å². The van der Waals surface area contributed by atoms with Gasteiger partial charge in [0.25, 0.3) is 0 Å². The molecule has 1 fully saturated rings. The van der Waals surface area contributed by atoms with E-state index in [1.165, 1.54) is 0 Å². The first-order valence-corrected chi connectivity index (χ1v) is 7.01. The summed E-state index contributed by atoms with van der Waals surface area (Å²) in [5, 5.41) is 15.0. The average molecular weight is 309 g/mol. The van der Waals surface area contributed by atoms with E-state index in [1.807, 2.05) is 0 Å². The molecule has 1 aromatic rings. The van der Waals surface area contributed by atoms with E-state index in [4.69, 9.17) is 0 Å². The second-order valence-corrected chi connectivity index (χ2v) is 5.50. The van der Waals surface area contributed by atoms with Gasteiger partial charge in [0.1, 0.15) is 0 Å². The van der Waals surface area contributed by atoms with Crippen molar-refractivity contribution in [1.82, 2.24) is 10.3 Å². The molecule has 5 nitrogen and oxygen atoms in total. The first kappa shape index (κ1) is 15.0. The summed E-state index contributed by atoms with van der Waals surface area (Å²) in [6.45, 7) is 0. The molecule has 0 bridgehead atoms. The Morgan fingerprint density at radius 2 is 2.00 bits per heavy atom. The lowest BCUT2D eigenvalue weighted by molar-refractivity contribution is -0.140. The Hall–Kier alpha value is -1.35. The highest BCUT2D eigenvalue weighted by molar-refractivity contribution is 7.13. The van der Waals surface area contributed by atoms with Gasteiger partial charge in [0.05, 0.1) is 6.10 Å². The Bertz CT molecular complexity index is 470. The predicted octanol–water partition coefficient (Wildman–Crippen LogP) is 2.59. The van der Waals surface area contributed by atoms with Gasteiger partial charge in [-0.1, -0.05) is 0 Å². The molecule has 1 saturated carbocycles. The van der Waals surface area contributed by atoms with Crippen LogP contribution in [0.15, 0.2) is 5.38 Å². The molecule has 2 amide bonds. The molecule has 0 atom stereocenters. The maximum absolute atomic E-state index is 12.3. The lowest BCUT2D eigenvalue weighted by Gasteiger charge is -2.25. The van der Waals surface area contributed by atoms with Gasteiger partial charge in [-0.25, -0.2) is 9.78 Å². The molecule has 0 unspecified atom stereocenters. The van der Waals surface area contributed by atoms with Crippen LogP contribution in [0.1, 0.15) is 31.4 Å². The van der Waals surface area contributed by atoms with Crippen LogP contribution in [-0.4, -0.2) is 28.3 Å². The van der Waals surface area contributed by atoms with Gasteiger partial charge in [-0.2, -0.15) is 13.2 Å². The number of rotatable bonds is 2. The third kappa shape index (κ3) is 4.07. The van der Waals surface area contributed by atoms with Crippen LogP contribution in [0.3, 0.4) is 0 Å². The average Bonchev–Trinajstić information content (AvgIpc) is 2.80. The number of amides is 2.